The molecule has 2 aliphatic heterocycles. The normalized spacial score (nSPS) is 18.9. The summed E-state index contributed by atoms with van der Waals surface area (Å²) in [6.07, 6.45) is -0.185. The third kappa shape index (κ3) is 4.24. The van der Waals surface area contributed by atoms with Gasteiger partial charge in [0.1, 0.15) is 0 Å². The van der Waals surface area contributed by atoms with Gasteiger partial charge in [-0.25, -0.2) is 18.1 Å². The second-order valence-electron chi connectivity index (χ2n) is 7.51. The van der Waals surface area contributed by atoms with E-state index in [1.54, 1.807) is 29.2 Å². The van der Waals surface area contributed by atoms with Gasteiger partial charge in [0.25, 0.3) is 21.8 Å². The van der Waals surface area contributed by atoms with E-state index < -0.39 is 28.1 Å². The number of benzene rings is 2. The van der Waals surface area contributed by atoms with Crippen LogP contribution in [0.2, 0.25) is 0 Å². The first-order valence-electron chi connectivity index (χ1n) is 9.72. The van der Waals surface area contributed by atoms with Crippen LogP contribution in [0, 0.1) is 6.92 Å². The molecule has 2 heterocycles. The van der Waals surface area contributed by atoms with Crippen molar-refractivity contribution >= 4 is 33.6 Å². The molecule has 2 aliphatic rings. The Bertz CT molecular complexity index is 1130. The van der Waals surface area contributed by atoms with Gasteiger partial charge in [-0.05, 0) is 55.3 Å². The van der Waals surface area contributed by atoms with Crippen molar-refractivity contribution in [2.24, 2.45) is 0 Å². The summed E-state index contributed by atoms with van der Waals surface area (Å²) in [5.74, 6) is -0.648. The van der Waals surface area contributed by atoms with Crippen molar-refractivity contribution in [3.05, 3.63) is 59.7 Å². The van der Waals surface area contributed by atoms with Crippen molar-refractivity contribution in [2.75, 3.05) is 24.4 Å². The van der Waals surface area contributed by atoms with Crippen LogP contribution < -0.4 is 4.72 Å². The fourth-order valence-electron chi connectivity index (χ4n) is 3.71. The summed E-state index contributed by atoms with van der Waals surface area (Å²) in [7, 11) is -3.74. The SMILES string of the molecule is Cc1cccc(S(=O)(=O)Nc2ccc(C(=O)N3CCC(N4C(=O)COC4=O)C3)cc2)c1. The molecule has 162 valence electrons. The number of carbonyl (C=O) groups is 3. The maximum absolute atomic E-state index is 12.8. The van der Waals surface area contributed by atoms with Gasteiger partial charge >= 0.3 is 6.09 Å². The monoisotopic (exact) mass is 443 g/mol. The molecule has 0 radical (unpaired) electrons. The summed E-state index contributed by atoms with van der Waals surface area (Å²) >= 11 is 0. The summed E-state index contributed by atoms with van der Waals surface area (Å²) in [4.78, 5) is 39.1. The highest BCUT2D eigenvalue weighted by molar-refractivity contribution is 7.92. The number of hydrogen-bond donors (Lipinski definition) is 1. The number of carbonyl (C=O) groups excluding carboxylic acids is 3. The van der Waals surface area contributed by atoms with Gasteiger partial charge in [-0.3, -0.25) is 14.3 Å². The molecule has 2 saturated heterocycles. The van der Waals surface area contributed by atoms with Crippen LogP contribution in [0.5, 0.6) is 0 Å². The van der Waals surface area contributed by atoms with Crippen molar-refractivity contribution in [1.29, 1.82) is 0 Å². The number of sulfonamides is 1. The smallest absolute Gasteiger partial charge is 0.417 e. The molecular formula is C21H21N3O6S. The van der Waals surface area contributed by atoms with Gasteiger partial charge in [-0.15, -0.1) is 0 Å². The van der Waals surface area contributed by atoms with E-state index in [2.05, 4.69) is 4.72 Å². The minimum Gasteiger partial charge on any atom is -0.439 e. The lowest BCUT2D eigenvalue weighted by Gasteiger charge is -2.20. The third-order valence-corrected chi connectivity index (χ3v) is 6.66. The lowest BCUT2D eigenvalue weighted by Crippen LogP contribution is -2.42. The van der Waals surface area contributed by atoms with Crippen LogP contribution in [0.25, 0.3) is 0 Å². The van der Waals surface area contributed by atoms with Crippen molar-refractivity contribution < 1.29 is 27.5 Å². The average molecular weight is 443 g/mol. The Kier molecular flexibility index (Phi) is 5.40. The molecule has 9 nitrogen and oxygen atoms in total. The van der Waals surface area contributed by atoms with Gasteiger partial charge < -0.3 is 9.64 Å². The Hall–Kier alpha value is -3.40. The van der Waals surface area contributed by atoms with E-state index in [4.69, 9.17) is 4.74 Å². The molecule has 1 unspecified atom stereocenters. The fourth-order valence-corrected chi connectivity index (χ4v) is 4.88. The number of nitrogens with one attached hydrogen (secondary N) is 1. The quantitative estimate of drug-likeness (QED) is 0.756. The zero-order valence-electron chi connectivity index (χ0n) is 16.8. The van der Waals surface area contributed by atoms with E-state index in [1.807, 2.05) is 13.0 Å². The summed E-state index contributed by atoms with van der Waals surface area (Å²) in [6, 6.07) is 12.3. The van der Waals surface area contributed by atoms with Crippen LogP contribution in [-0.2, 0) is 19.6 Å². The van der Waals surface area contributed by atoms with E-state index in [0.29, 0.717) is 24.2 Å². The van der Waals surface area contributed by atoms with Crippen molar-refractivity contribution in [3.63, 3.8) is 0 Å². The molecule has 1 N–H and O–H groups in total. The molecule has 2 fully saturated rings. The molecule has 10 heteroatoms. The zero-order valence-corrected chi connectivity index (χ0v) is 17.6. The van der Waals surface area contributed by atoms with Gasteiger partial charge in [0, 0.05) is 24.3 Å². The maximum Gasteiger partial charge on any atom is 0.417 e. The summed E-state index contributed by atoms with van der Waals surface area (Å²) in [5, 5.41) is 0. The minimum absolute atomic E-state index is 0.158. The number of hydrogen-bond acceptors (Lipinski definition) is 6. The molecule has 4 rings (SSSR count). The molecule has 2 aromatic carbocycles. The van der Waals surface area contributed by atoms with Crippen molar-refractivity contribution in [3.8, 4) is 0 Å². The Labute approximate surface area is 179 Å². The van der Waals surface area contributed by atoms with Gasteiger partial charge in [-0.2, -0.15) is 0 Å². The summed E-state index contributed by atoms with van der Waals surface area (Å²) in [5.41, 5.74) is 1.55. The largest absolute Gasteiger partial charge is 0.439 e. The second kappa shape index (κ2) is 8.03. The van der Waals surface area contributed by atoms with Gasteiger partial charge in [-0.1, -0.05) is 12.1 Å². The van der Waals surface area contributed by atoms with Crippen LogP contribution in [0.15, 0.2) is 53.4 Å². The van der Waals surface area contributed by atoms with Crippen LogP contribution in [-0.4, -0.2) is 61.9 Å². The Morgan fingerprint density at radius 2 is 1.87 bits per heavy atom. The molecule has 0 aliphatic carbocycles. The molecule has 0 aromatic heterocycles. The van der Waals surface area contributed by atoms with Crippen molar-refractivity contribution in [1.82, 2.24) is 9.80 Å². The lowest BCUT2D eigenvalue weighted by molar-refractivity contribution is -0.127. The number of nitrogens with zero attached hydrogens (tertiary/aromatic N) is 2. The molecule has 0 spiro atoms. The predicted molar refractivity (Wildman–Crippen MR) is 111 cm³/mol. The van der Waals surface area contributed by atoms with Crippen molar-refractivity contribution in [2.45, 2.75) is 24.3 Å². The number of cyclic esters (lactones) is 1. The van der Waals surface area contributed by atoms with Crippen LogP contribution in [0.1, 0.15) is 22.3 Å². The summed E-state index contributed by atoms with van der Waals surface area (Å²) < 4.78 is 32.3. The number of rotatable bonds is 5. The topological polar surface area (TPSA) is 113 Å². The Morgan fingerprint density at radius 3 is 2.52 bits per heavy atom. The molecule has 31 heavy (non-hydrogen) atoms. The molecule has 2 aromatic rings. The number of aryl methyl sites for hydroxylation is 1. The zero-order chi connectivity index (χ0) is 22.2. The summed E-state index contributed by atoms with van der Waals surface area (Å²) in [6.45, 7) is 2.19. The first-order valence-corrected chi connectivity index (χ1v) is 11.2. The lowest BCUT2D eigenvalue weighted by atomic mass is 10.2. The first-order chi connectivity index (χ1) is 14.7. The highest BCUT2D eigenvalue weighted by atomic mass is 32.2. The molecule has 1 atom stereocenters. The number of amides is 3. The minimum atomic E-state index is -3.74. The Morgan fingerprint density at radius 1 is 1.13 bits per heavy atom. The number of likely N-dealkylation sites (tertiary alicyclic amines) is 1. The van der Waals surface area contributed by atoms with E-state index in [1.165, 1.54) is 18.2 Å². The van der Waals surface area contributed by atoms with Gasteiger partial charge in [0.2, 0.25) is 0 Å². The average Bonchev–Trinajstić information content (AvgIpc) is 3.34. The maximum atomic E-state index is 12.8. The predicted octanol–water partition coefficient (Wildman–Crippen LogP) is 1.99. The number of imide groups is 1. The van der Waals surface area contributed by atoms with Gasteiger partial charge in [0.15, 0.2) is 6.61 Å². The second-order valence-corrected chi connectivity index (χ2v) is 9.19. The highest BCUT2D eigenvalue weighted by Gasteiger charge is 2.41. The fraction of sp³-hybridized carbons (Fsp3) is 0.286. The van der Waals surface area contributed by atoms with Crippen LogP contribution in [0.3, 0.4) is 0 Å². The van der Waals surface area contributed by atoms with E-state index in [9.17, 15) is 22.8 Å². The van der Waals surface area contributed by atoms with E-state index in [-0.39, 0.29) is 24.0 Å². The van der Waals surface area contributed by atoms with Crippen LogP contribution >= 0.6 is 0 Å². The first kappa shape index (κ1) is 20.9. The van der Waals surface area contributed by atoms with Gasteiger partial charge in [0.05, 0.1) is 10.9 Å². The van der Waals surface area contributed by atoms with E-state index >= 15 is 0 Å². The van der Waals surface area contributed by atoms with E-state index in [0.717, 1.165) is 10.5 Å². The molecule has 0 saturated carbocycles. The number of anilines is 1. The standard InChI is InChI=1S/C21H21N3O6S/c1-14-3-2-4-18(11-14)31(28,29)22-16-7-5-15(6-8-16)20(26)23-10-9-17(12-23)24-19(25)13-30-21(24)27/h2-8,11,17,22H,9-10,12-13H2,1H3. The Balaban J connectivity index is 1.42. The van der Waals surface area contributed by atoms with Crippen LogP contribution in [0.4, 0.5) is 10.5 Å². The third-order valence-electron chi connectivity index (χ3n) is 5.28. The molecular weight excluding hydrogens is 422 g/mol. The molecule has 3 amide bonds. The number of ether oxygens (including phenoxy) is 1. The molecule has 0 bridgehead atoms. The highest BCUT2D eigenvalue weighted by Crippen LogP contribution is 2.23.